The van der Waals surface area contributed by atoms with Crippen molar-refractivity contribution in [2.75, 3.05) is 7.11 Å². The number of carboxylic acids is 1. The molecule has 0 amide bonds. The smallest absolute Gasteiger partial charge is 0.338 e. The molecule has 1 aromatic carbocycles. The fourth-order valence-electron chi connectivity index (χ4n) is 1.46. The van der Waals surface area contributed by atoms with Gasteiger partial charge in [0.05, 0.1) is 17.6 Å². The predicted molar refractivity (Wildman–Crippen MR) is 63.0 cm³/mol. The lowest BCUT2D eigenvalue weighted by molar-refractivity contribution is -0.385. The molecule has 1 aromatic rings. The van der Waals surface area contributed by atoms with Crippen LogP contribution in [0.25, 0.3) is 0 Å². The number of esters is 1. The van der Waals surface area contributed by atoms with Crippen molar-refractivity contribution in [2.24, 2.45) is 0 Å². The molecule has 2 atom stereocenters. The normalized spacial score (nSPS) is 13.3. The van der Waals surface area contributed by atoms with Crippen molar-refractivity contribution in [3.63, 3.8) is 0 Å². The van der Waals surface area contributed by atoms with E-state index in [-0.39, 0.29) is 11.1 Å². The van der Waals surface area contributed by atoms with Crippen LogP contribution in [0.5, 0.6) is 0 Å². The Labute approximate surface area is 112 Å². The van der Waals surface area contributed by atoms with Gasteiger partial charge in [-0.15, -0.1) is 0 Å². The van der Waals surface area contributed by atoms with Crippen molar-refractivity contribution in [2.45, 2.75) is 12.2 Å². The third-order valence-electron chi connectivity index (χ3n) is 2.47. The molecule has 0 bridgehead atoms. The Kier molecular flexibility index (Phi) is 4.73. The van der Waals surface area contributed by atoms with Gasteiger partial charge in [-0.25, -0.2) is 9.59 Å². The van der Waals surface area contributed by atoms with Crippen LogP contribution in [0, 0.1) is 10.1 Å². The molecule has 0 saturated carbocycles. The Hall–Kier alpha value is -2.52. The lowest BCUT2D eigenvalue weighted by Gasteiger charge is -2.14. The summed E-state index contributed by atoms with van der Waals surface area (Å²) in [5.41, 5.74) is -1.07. The molecule has 0 heterocycles. The topological polar surface area (TPSA) is 147 Å². The maximum atomic E-state index is 11.4. The molecule has 9 heteroatoms. The zero-order chi connectivity index (χ0) is 15.4. The second-order valence-electron chi connectivity index (χ2n) is 3.79. The Balaban J connectivity index is 3.31. The van der Waals surface area contributed by atoms with E-state index in [2.05, 4.69) is 4.74 Å². The van der Waals surface area contributed by atoms with Gasteiger partial charge in [0, 0.05) is 12.1 Å². The molecule has 3 N–H and O–H groups in total. The highest BCUT2D eigenvalue weighted by Crippen LogP contribution is 2.24. The quantitative estimate of drug-likeness (QED) is 0.384. The number of aliphatic hydroxyl groups is 2. The minimum Gasteiger partial charge on any atom is -0.479 e. The molecular weight excluding hydrogens is 274 g/mol. The third-order valence-corrected chi connectivity index (χ3v) is 2.47. The van der Waals surface area contributed by atoms with E-state index in [1.165, 1.54) is 0 Å². The van der Waals surface area contributed by atoms with Gasteiger partial charge in [0.2, 0.25) is 0 Å². The molecule has 0 spiro atoms. The van der Waals surface area contributed by atoms with Crippen LogP contribution in [-0.4, -0.2) is 45.4 Å². The van der Waals surface area contributed by atoms with Gasteiger partial charge in [0.1, 0.15) is 6.10 Å². The number of aliphatic hydroxyl groups excluding tert-OH is 2. The molecule has 0 radical (unpaired) electrons. The van der Waals surface area contributed by atoms with Gasteiger partial charge in [-0.05, 0) is 11.6 Å². The molecule has 1 rings (SSSR count). The largest absolute Gasteiger partial charge is 0.479 e. The van der Waals surface area contributed by atoms with E-state index in [0.29, 0.717) is 0 Å². The summed E-state index contributed by atoms with van der Waals surface area (Å²) >= 11 is 0. The van der Waals surface area contributed by atoms with E-state index in [0.717, 1.165) is 25.3 Å². The molecule has 0 aliphatic heterocycles. The zero-order valence-electron chi connectivity index (χ0n) is 10.2. The van der Waals surface area contributed by atoms with E-state index in [1.54, 1.807) is 0 Å². The first-order chi connectivity index (χ1) is 9.27. The second-order valence-corrected chi connectivity index (χ2v) is 3.79. The summed E-state index contributed by atoms with van der Waals surface area (Å²) in [6, 6.07) is 2.79. The summed E-state index contributed by atoms with van der Waals surface area (Å²) in [6.45, 7) is 0. The summed E-state index contributed by atoms with van der Waals surface area (Å²) in [7, 11) is 1.06. The van der Waals surface area contributed by atoms with Crippen LogP contribution in [0.2, 0.25) is 0 Å². The number of carbonyl (C=O) groups is 2. The lowest BCUT2D eigenvalue weighted by atomic mass is 10.0. The number of nitro benzene ring substituents is 1. The van der Waals surface area contributed by atoms with Gasteiger partial charge in [-0.2, -0.15) is 0 Å². The van der Waals surface area contributed by atoms with Crippen LogP contribution in [0.3, 0.4) is 0 Å². The maximum Gasteiger partial charge on any atom is 0.338 e. The molecule has 0 aliphatic rings. The minimum atomic E-state index is -2.18. The fraction of sp³-hybridized carbons (Fsp3) is 0.273. The highest BCUT2D eigenvalue weighted by atomic mass is 16.6. The van der Waals surface area contributed by atoms with Crippen molar-refractivity contribution in [1.82, 2.24) is 0 Å². The molecular formula is C11H11NO8. The van der Waals surface area contributed by atoms with Crippen molar-refractivity contribution in [3.8, 4) is 0 Å². The van der Waals surface area contributed by atoms with Crippen LogP contribution in [0.1, 0.15) is 22.0 Å². The van der Waals surface area contributed by atoms with E-state index in [4.69, 9.17) is 5.11 Å². The van der Waals surface area contributed by atoms with Crippen molar-refractivity contribution in [3.05, 3.63) is 39.4 Å². The summed E-state index contributed by atoms with van der Waals surface area (Å²) in [5.74, 6) is -2.60. The SMILES string of the molecule is COC(=O)c1cc(C(O)C(O)C(=O)O)cc([N+](=O)[O-])c1. The maximum absolute atomic E-state index is 11.4. The van der Waals surface area contributed by atoms with Gasteiger partial charge in [0.15, 0.2) is 6.10 Å². The number of rotatable bonds is 5. The summed E-state index contributed by atoms with van der Waals surface area (Å²) in [4.78, 5) is 31.8. The number of aliphatic carboxylic acids is 1. The van der Waals surface area contributed by atoms with Gasteiger partial charge in [-0.1, -0.05) is 0 Å². The number of non-ortho nitro benzene ring substituents is 1. The molecule has 108 valence electrons. The summed E-state index contributed by atoms with van der Waals surface area (Å²) in [6.07, 6.45) is -4.10. The van der Waals surface area contributed by atoms with Crippen molar-refractivity contribution >= 4 is 17.6 Å². The van der Waals surface area contributed by atoms with Crippen molar-refractivity contribution in [1.29, 1.82) is 0 Å². The summed E-state index contributed by atoms with van der Waals surface area (Å²) < 4.78 is 4.39. The monoisotopic (exact) mass is 285 g/mol. The van der Waals surface area contributed by atoms with Gasteiger partial charge >= 0.3 is 11.9 Å². The number of nitrogens with zero attached hydrogens (tertiary/aromatic N) is 1. The Morgan fingerprint density at radius 2 is 1.90 bits per heavy atom. The van der Waals surface area contributed by atoms with Crippen LogP contribution in [-0.2, 0) is 9.53 Å². The Morgan fingerprint density at radius 3 is 2.35 bits per heavy atom. The molecule has 9 nitrogen and oxygen atoms in total. The van der Waals surface area contributed by atoms with E-state index >= 15 is 0 Å². The minimum absolute atomic E-state index is 0.242. The van der Waals surface area contributed by atoms with Crippen LogP contribution < -0.4 is 0 Å². The number of hydrogen-bond donors (Lipinski definition) is 3. The molecule has 0 aromatic heterocycles. The molecule has 0 aliphatic carbocycles. The van der Waals surface area contributed by atoms with Gasteiger partial charge in [0.25, 0.3) is 5.69 Å². The number of benzene rings is 1. The van der Waals surface area contributed by atoms with Crippen LogP contribution in [0.4, 0.5) is 5.69 Å². The van der Waals surface area contributed by atoms with E-state index in [1.807, 2.05) is 0 Å². The van der Waals surface area contributed by atoms with Crippen LogP contribution >= 0.6 is 0 Å². The molecule has 20 heavy (non-hydrogen) atoms. The predicted octanol–water partition coefficient (Wildman–Crippen LogP) is -0.140. The standard InChI is InChI=1S/C11H11NO8/c1-20-11(17)6-2-5(3-7(4-6)12(18)19)8(13)9(14)10(15)16/h2-4,8-9,13-14H,1H3,(H,15,16). The highest BCUT2D eigenvalue weighted by Gasteiger charge is 2.27. The number of ether oxygens (including phenoxy) is 1. The Bertz CT molecular complexity index is 555. The average molecular weight is 285 g/mol. The van der Waals surface area contributed by atoms with E-state index in [9.17, 15) is 29.9 Å². The third kappa shape index (κ3) is 3.28. The number of carbonyl (C=O) groups excluding carboxylic acids is 1. The number of methoxy groups -OCH3 is 1. The first-order valence-electron chi connectivity index (χ1n) is 5.24. The second kappa shape index (κ2) is 6.08. The molecule has 2 unspecified atom stereocenters. The van der Waals surface area contributed by atoms with E-state index < -0.39 is 34.8 Å². The highest BCUT2D eigenvalue weighted by molar-refractivity contribution is 5.90. The lowest BCUT2D eigenvalue weighted by Crippen LogP contribution is -2.27. The van der Waals surface area contributed by atoms with Crippen molar-refractivity contribution < 1.29 is 34.6 Å². The van der Waals surface area contributed by atoms with Crippen LogP contribution in [0.15, 0.2) is 18.2 Å². The summed E-state index contributed by atoms with van der Waals surface area (Å²) in [5, 5.41) is 38.2. The molecule has 0 saturated heterocycles. The number of hydrogen-bond acceptors (Lipinski definition) is 7. The van der Waals surface area contributed by atoms with Gasteiger partial charge < -0.3 is 20.1 Å². The molecule has 0 fully saturated rings. The first-order valence-corrected chi connectivity index (χ1v) is 5.24. The van der Waals surface area contributed by atoms with Gasteiger partial charge in [-0.3, -0.25) is 10.1 Å². The first kappa shape index (κ1) is 15.5. The zero-order valence-corrected chi connectivity index (χ0v) is 10.2. The average Bonchev–Trinajstić information content (AvgIpc) is 2.43. The number of carboxylic acid groups (broad SMARTS) is 1. The Morgan fingerprint density at radius 1 is 1.30 bits per heavy atom. The fourth-order valence-corrected chi connectivity index (χ4v) is 1.46. The number of nitro groups is 1.